The van der Waals surface area contributed by atoms with Crippen molar-refractivity contribution in [1.82, 2.24) is 10.2 Å². The molecule has 0 spiro atoms. The maximum atomic E-state index is 12.1. The Morgan fingerprint density at radius 2 is 1.92 bits per heavy atom. The molecule has 0 bridgehead atoms. The number of amides is 2. The molecule has 0 saturated heterocycles. The fourth-order valence-corrected chi connectivity index (χ4v) is 3.03. The second kappa shape index (κ2) is 8.89. The van der Waals surface area contributed by atoms with Gasteiger partial charge in [0.2, 0.25) is 11.8 Å². The molecule has 24 heavy (non-hydrogen) atoms. The molecule has 1 aliphatic rings. The summed E-state index contributed by atoms with van der Waals surface area (Å²) in [5.41, 5.74) is 0.513. The zero-order chi connectivity index (χ0) is 17.5. The van der Waals surface area contributed by atoms with Crippen LogP contribution in [0.1, 0.15) is 25.7 Å². The van der Waals surface area contributed by atoms with E-state index in [1.165, 1.54) is 20.0 Å². The zero-order valence-electron chi connectivity index (χ0n) is 14.1. The summed E-state index contributed by atoms with van der Waals surface area (Å²) < 4.78 is 5.19. The van der Waals surface area contributed by atoms with Crippen LogP contribution in [0.5, 0.6) is 5.75 Å². The number of carbonyl (C=O) groups excluding carboxylic acids is 2. The zero-order valence-corrected chi connectivity index (χ0v) is 14.9. The third kappa shape index (κ3) is 5.69. The Labute approximate surface area is 147 Å². The van der Waals surface area contributed by atoms with Crippen LogP contribution in [0.25, 0.3) is 0 Å². The second-order valence-corrected chi connectivity index (χ2v) is 6.55. The van der Waals surface area contributed by atoms with Gasteiger partial charge in [-0.2, -0.15) is 0 Å². The number of carbonyl (C=O) groups is 2. The molecule has 2 amide bonds. The predicted octanol–water partition coefficient (Wildman–Crippen LogP) is 2.28. The highest BCUT2D eigenvalue weighted by atomic mass is 35.5. The lowest BCUT2D eigenvalue weighted by atomic mass is 10.2. The summed E-state index contributed by atoms with van der Waals surface area (Å²) >= 11 is 5.94. The molecule has 1 saturated carbocycles. The normalized spacial score (nSPS) is 14.7. The van der Waals surface area contributed by atoms with E-state index in [0.29, 0.717) is 16.5 Å². The van der Waals surface area contributed by atoms with Gasteiger partial charge in [0.05, 0.1) is 25.9 Å². The minimum absolute atomic E-state index is 0.0439. The van der Waals surface area contributed by atoms with Gasteiger partial charge in [-0.25, -0.2) is 0 Å². The molecule has 2 N–H and O–H groups in total. The maximum Gasteiger partial charge on any atom is 0.238 e. The van der Waals surface area contributed by atoms with Gasteiger partial charge in [0, 0.05) is 11.1 Å². The monoisotopic (exact) mass is 353 g/mol. The van der Waals surface area contributed by atoms with E-state index in [1.807, 2.05) is 0 Å². The molecular formula is C17H24ClN3O3. The van der Waals surface area contributed by atoms with Crippen molar-refractivity contribution < 1.29 is 14.3 Å². The number of hydrogen-bond donors (Lipinski definition) is 2. The second-order valence-electron chi connectivity index (χ2n) is 6.11. The maximum absolute atomic E-state index is 12.1. The van der Waals surface area contributed by atoms with E-state index >= 15 is 0 Å². The minimum Gasteiger partial charge on any atom is -0.495 e. The number of benzene rings is 1. The molecule has 6 nitrogen and oxygen atoms in total. The number of methoxy groups -OCH3 is 1. The van der Waals surface area contributed by atoms with E-state index in [0.717, 1.165) is 12.8 Å². The Hall–Kier alpha value is -1.79. The standard InChI is InChI=1S/C17H24ClN3O3/c1-21(10-16(22)19-13-5-3-4-6-13)11-17(23)20-14-9-12(18)7-8-15(14)24-2/h7-9,13H,3-6,10-11H2,1-2H3,(H,19,22)(H,20,23). The first-order valence-electron chi connectivity index (χ1n) is 8.09. The van der Waals surface area contributed by atoms with Gasteiger partial charge in [-0.15, -0.1) is 0 Å². The predicted molar refractivity (Wildman–Crippen MR) is 94.5 cm³/mol. The van der Waals surface area contributed by atoms with Crippen LogP contribution < -0.4 is 15.4 Å². The van der Waals surface area contributed by atoms with Gasteiger partial charge in [-0.3, -0.25) is 14.5 Å². The topological polar surface area (TPSA) is 70.7 Å². The fourth-order valence-electron chi connectivity index (χ4n) is 2.86. The summed E-state index contributed by atoms with van der Waals surface area (Å²) in [5, 5.41) is 6.28. The van der Waals surface area contributed by atoms with Gasteiger partial charge < -0.3 is 15.4 Å². The average molecular weight is 354 g/mol. The molecule has 0 unspecified atom stereocenters. The SMILES string of the molecule is COc1ccc(Cl)cc1NC(=O)CN(C)CC(=O)NC1CCCC1. The third-order valence-corrected chi connectivity index (χ3v) is 4.22. The summed E-state index contributed by atoms with van der Waals surface area (Å²) in [5.74, 6) is 0.263. The summed E-state index contributed by atoms with van der Waals surface area (Å²) in [4.78, 5) is 25.8. The summed E-state index contributed by atoms with van der Waals surface area (Å²) in [6.07, 6.45) is 4.43. The van der Waals surface area contributed by atoms with E-state index in [1.54, 1.807) is 30.1 Å². The van der Waals surface area contributed by atoms with Crippen molar-refractivity contribution in [3.05, 3.63) is 23.2 Å². The molecule has 132 valence electrons. The lowest BCUT2D eigenvalue weighted by molar-refractivity contribution is -0.123. The molecule has 0 aromatic heterocycles. The van der Waals surface area contributed by atoms with E-state index < -0.39 is 0 Å². The van der Waals surface area contributed by atoms with Crippen molar-refractivity contribution in [1.29, 1.82) is 0 Å². The van der Waals surface area contributed by atoms with E-state index in [2.05, 4.69) is 10.6 Å². The Bertz CT molecular complexity index is 588. The first-order valence-corrected chi connectivity index (χ1v) is 8.47. The number of anilines is 1. The van der Waals surface area contributed by atoms with Crippen LogP contribution in [0.4, 0.5) is 5.69 Å². The molecule has 0 heterocycles. The molecule has 7 heteroatoms. The highest BCUT2D eigenvalue weighted by molar-refractivity contribution is 6.31. The molecule has 2 rings (SSSR count). The Morgan fingerprint density at radius 1 is 1.25 bits per heavy atom. The number of nitrogens with one attached hydrogen (secondary N) is 2. The lowest BCUT2D eigenvalue weighted by Gasteiger charge is -2.18. The van der Waals surface area contributed by atoms with Gasteiger partial charge in [0.25, 0.3) is 0 Å². The minimum atomic E-state index is -0.230. The Balaban J connectivity index is 1.80. The fraction of sp³-hybridized carbons (Fsp3) is 0.529. The number of ether oxygens (including phenoxy) is 1. The van der Waals surface area contributed by atoms with E-state index in [4.69, 9.17) is 16.3 Å². The molecule has 0 radical (unpaired) electrons. The highest BCUT2D eigenvalue weighted by Crippen LogP contribution is 2.27. The van der Waals surface area contributed by atoms with Gasteiger partial charge in [0.1, 0.15) is 5.75 Å². The largest absolute Gasteiger partial charge is 0.495 e. The van der Waals surface area contributed by atoms with Crippen molar-refractivity contribution >= 4 is 29.1 Å². The van der Waals surface area contributed by atoms with Crippen LogP contribution in [0.2, 0.25) is 5.02 Å². The molecular weight excluding hydrogens is 330 g/mol. The van der Waals surface area contributed by atoms with E-state index in [-0.39, 0.29) is 30.9 Å². The van der Waals surface area contributed by atoms with Crippen molar-refractivity contribution in [3.63, 3.8) is 0 Å². The first kappa shape index (κ1) is 18.5. The summed E-state index contributed by atoms with van der Waals surface area (Å²) in [7, 11) is 3.27. The molecule has 1 aromatic rings. The average Bonchev–Trinajstić information content (AvgIpc) is 2.99. The van der Waals surface area contributed by atoms with Gasteiger partial charge >= 0.3 is 0 Å². The van der Waals surface area contributed by atoms with Crippen molar-refractivity contribution in [3.8, 4) is 5.75 Å². The highest BCUT2D eigenvalue weighted by Gasteiger charge is 2.18. The van der Waals surface area contributed by atoms with Crippen molar-refractivity contribution in [2.24, 2.45) is 0 Å². The van der Waals surface area contributed by atoms with E-state index in [9.17, 15) is 9.59 Å². The van der Waals surface area contributed by atoms with Gasteiger partial charge in [-0.1, -0.05) is 24.4 Å². The number of likely N-dealkylation sites (N-methyl/N-ethyl adjacent to an activating group) is 1. The Morgan fingerprint density at radius 3 is 2.58 bits per heavy atom. The summed E-state index contributed by atoms with van der Waals surface area (Å²) in [6.45, 7) is 0.296. The van der Waals surface area contributed by atoms with Crippen LogP contribution in [0, 0.1) is 0 Å². The molecule has 0 aliphatic heterocycles. The molecule has 1 aliphatic carbocycles. The van der Waals surface area contributed by atoms with Crippen LogP contribution >= 0.6 is 11.6 Å². The van der Waals surface area contributed by atoms with Crippen LogP contribution in [0.15, 0.2) is 18.2 Å². The quantitative estimate of drug-likeness (QED) is 0.789. The first-order chi connectivity index (χ1) is 11.5. The van der Waals surface area contributed by atoms with Gasteiger partial charge in [-0.05, 0) is 38.1 Å². The molecule has 1 fully saturated rings. The molecule has 1 aromatic carbocycles. The smallest absolute Gasteiger partial charge is 0.238 e. The summed E-state index contributed by atoms with van der Waals surface area (Å²) in [6, 6.07) is 5.30. The van der Waals surface area contributed by atoms with Crippen LogP contribution in [-0.4, -0.2) is 50.0 Å². The lowest BCUT2D eigenvalue weighted by Crippen LogP contribution is -2.42. The van der Waals surface area contributed by atoms with Gasteiger partial charge in [0.15, 0.2) is 0 Å². The number of rotatable bonds is 7. The number of hydrogen-bond acceptors (Lipinski definition) is 4. The van der Waals surface area contributed by atoms with Crippen LogP contribution in [-0.2, 0) is 9.59 Å². The molecule has 0 atom stereocenters. The van der Waals surface area contributed by atoms with Crippen LogP contribution in [0.3, 0.4) is 0 Å². The number of nitrogens with zero attached hydrogens (tertiary/aromatic N) is 1. The van der Waals surface area contributed by atoms with Crippen molar-refractivity contribution in [2.45, 2.75) is 31.7 Å². The van der Waals surface area contributed by atoms with Crippen molar-refractivity contribution in [2.75, 3.05) is 32.6 Å². The number of halogens is 1. The third-order valence-electron chi connectivity index (χ3n) is 3.98. The Kier molecular flexibility index (Phi) is 6.87.